The van der Waals surface area contributed by atoms with E-state index in [1.807, 2.05) is 25.4 Å². The molecule has 3 heterocycles. The number of morpholine rings is 1. The lowest BCUT2D eigenvalue weighted by Crippen LogP contribution is -2.36. The number of ether oxygens (including phenoxy) is 1. The van der Waals surface area contributed by atoms with Crippen molar-refractivity contribution in [2.45, 2.75) is 13.5 Å². The molecule has 0 spiro atoms. The van der Waals surface area contributed by atoms with E-state index in [1.165, 1.54) is 11.3 Å². The average molecular weight is 427 g/mol. The number of nitrogens with one attached hydrogen (secondary N) is 1. The van der Waals surface area contributed by atoms with Crippen LogP contribution in [0.3, 0.4) is 0 Å². The van der Waals surface area contributed by atoms with Gasteiger partial charge in [0, 0.05) is 55.2 Å². The van der Waals surface area contributed by atoms with Gasteiger partial charge in [-0.25, -0.2) is 15.0 Å². The summed E-state index contributed by atoms with van der Waals surface area (Å²) in [5.74, 6) is 1.60. The first-order chi connectivity index (χ1) is 15.7. The fraction of sp³-hybridized carbons (Fsp3) is 0.240. The first-order valence-corrected chi connectivity index (χ1v) is 10.8. The Morgan fingerprint density at radius 2 is 1.69 bits per heavy atom. The molecule has 2 aromatic carbocycles. The van der Waals surface area contributed by atoms with Crippen LogP contribution >= 0.6 is 0 Å². The van der Waals surface area contributed by atoms with E-state index in [-0.39, 0.29) is 0 Å². The highest BCUT2D eigenvalue weighted by molar-refractivity contribution is 5.63. The molecule has 32 heavy (non-hydrogen) atoms. The van der Waals surface area contributed by atoms with Gasteiger partial charge >= 0.3 is 0 Å². The number of imidazole rings is 1. The van der Waals surface area contributed by atoms with E-state index >= 15 is 0 Å². The molecule has 0 bridgehead atoms. The largest absolute Gasteiger partial charge is 0.378 e. The van der Waals surface area contributed by atoms with Crippen molar-refractivity contribution in [1.82, 2.24) is 19.5 Å². The van der Waals surface area contributed by atoms with E-state index in [0.29, 0.717) is 5.95 Å². The molecule has 162 valence electrons. The molecule has 4 aromatic rings. The van der Waals surface area contributed by atoms with E-state index in [2.05, 4.69) is 73.3 Å². The van der Waals surface area contributed by atoms with Gasteiger partial charge in [0.1, 0.15) is 5.82 Å². The van der Waals surface area contributed by atoms with Crippen LogP contribution in [0.1, 0.15) is 11.4 Å². The molecular formula is C25H26N6O. The fourth-order valence-electron chi connectivity index (χ4n) is 3.83. The molecule has 2 aromatic heterocycles. The molecule has 7 nitrogen and oxygen atoms in total. The maximum atomic E-state index is 5.43. The molecule has 1 aliphatic heterocycles. The van der Waals surface area contributed by atoms with Gasteiger partial charge in [-0.05, 0) is 42.8 Å². The van der Waals surface area contributed by atoms with Gasteiger partial charge in [-0.3, -0.25) is 0 Å². The highest BCUT2D eigenvalue weighted by Crippen LogP contribution is 2.23. The van der Waals surface area contributed by atoms with Gasteiger partial charge in [0.15, 0.2) is 0 Å². The van der Waals surface area contributed by atoms with Crippen molar-refractivity contribution in [3.63, 3.8) is 0 Å². The van der Waals surface area contributed by atoms with Crippen LogP contribution in [0.5, 0.6) is 0 Å². The Balaban J connectivity index is 1.26. The Morgan fingerprint density at radius 3 is 2.41 bits per heavy atom. The maximum Gasteiger partial charge on any atom is 0.227 e. The van der Waals surface area contributed by atoms with Gasteiger partial charge < -0.3 is 19.5 Å². The third-order valence-corrected chi connectivity index (χ3v) is 5.68. The average Bonchev–Trinajstić information content (AvgIpc) is 3.25. The minimum absolute atomic E-state index is 0.583. The third-order valence-electron chi connectivity index (χ3n) is 5.68. The smallest absolute Gasteiger partial charge is 0.227 e. The quantitative estimate of drug-likeness (QED) is 0.496. The van der Waals surface area contributed by atoms with E-state index in [4.69, 9.17) is 9.72 Å². The Labute approximate surface area is 187 Å². The zero-order chi connectivity index (χ0) is 21.8. The molecular weight excluding hydrogens is 400 g/mol. The minimum Gasteiger partial charge on any atom is -0.378 e. The van der Waals surface area contributed by atoms with E-state index < -0.39 is 0 Å². The summed E-state index contributed by atoms with van der Waals surface area (Å²) in [5, 5.41) is 3.32. The second kappa shape index (κ2) is 9.20. The fourth-order valence-corrected chi connectivity index (χ4v) is 3.83. The topological polar surface area (TPSA) is 68.1 Å². The molecule has 0 amide bonds. The number of anilines is 3. The summed E-state index contributed by atoms with van der Waals surface area (Å²) in [4.78, 5) is 15.7. The SMILES string of the molecule is Cc1nccn1Cc1ccc(-c2ccnc(Nc3ccc(N4CCOCC4)cc3)n2)cc1. The molecule has 5 rings (SSSR count). The first-order valence-electron chi connectivity index (χ1n) is 10.8. The van der Waals surface area contributed by atoms with Crippen LogP contribution in [0.15, 0.2) is 73.2 Å². The predicted molar refractivity (Wildman–Crippen MR) is 126 cm³/mol. The van der Waals surface area contributed by atoms with Crippen LogP contribution < -0.4 is 10.2 Å². The normalized spacial score (nSPS) is 13.8. The molecule has 1 N–H and O–H groups in total. The summed E-state index contributed by atoms with van der Waals surface area (Å²) in [5.41, 5.74) is 5.34. The van der Waals surface area contributed by atoms with Crippen LogP contribution in [-0.2, 0) is 11.3 Å². The summed E-state index contributed by atoms with van der Waals surface area (Å²) >= 11 is 0. The van der Waals surface area contributed by atoms with Crippen molar-refractivity contribution < 1.29 is 4.74 Å². The summed E-state index contributed by atoms with van der Waals surface area (Å²) in [6.45, 7) is 6.25. The second-order valence-corrected chi connectivity index (χ2v) is 7.84. The molecule has 1 saturated heterocycles. The number of hydrogen-bond donors (Lipinski definition) is 1. The maximum absolute atomic E-state index is 5.43. The highest BCUT2D eigenvalue weighted by atomic mass is 16.5. The predicted octanol–water partition coefficient (Wildman–Crippen LogP) is 4.28. The van der Waals surface area contributed by atoms with Crippen molar-refractivity contribution in [2.24, 2.45) is 0 Å². The Kier molecular flexibility index (Phi) is 5.81. The van der Waals surface area contributed by atoms with E-state index in [1.54, 1.807) is 6.20 Å². The summed E-state index contributed by atoms with van der Waals surface area (Å²) in [6.07, 6.45) is 5.61. The molecule has 0 unspecified atom stereocenters. The summed E-state index contributed by atoms with van der Waals surface area (Å²) < 4.78 is 7.56. The zero-order valence-electron chi connectivity index (χ0n) is 18.1. The van der Waals surface area contributed by atoms with Gasteiger partial charge in [-0.1, -0.05) is 24.3 Å². The minimum atomic E-state index is 0.583. The molecule has 1 aliphatic rings. The summed E-state index contributed by atoms with van der Waals surface area (Å²) in [6, 6.07) is 18.8. The molecule has 7 heteroatoms. The number of benzene rings is 2. The molecule has 0 radical (unpaired) electrons. The van der Waals surface area contributed by atoms with Gasteiger partial charge in [0.2, 0.25) is 5.95 Å². The van der Waals surface area contributed by atoms with Gasteiger partial charge in [0.05, 0.1) is 18.9 Å². The number of aryl methyl sites for hydroxylation is 1. The number of hydrogen-bond acceptors (Lipinski definition) is 6. The van der Waals surface area contributed by atoms with Crippen LogP contribution in [0.2, 0.25) is 0 Å². The number of aromatic nitrogens is 4. The molecule has 1 fully saturated rings. The Morgan fingerprint density at radius 1 is 0.906 bits per heavy atom. The Bertz CT molecular complexity index is 1160. The van der Waals surface area contributed by atoms with Gasteiger partial charge in [-0.15, -0.1) is 0 Å². The number of nitrogens with zero attached hydrogens (tertiary/aromatic N) is 5. The highest BCUT2D eigenvalue weighted by Gasteiger charge is 2.11. The molecule has 0 saturated carbocycles. The van der Waals surface area contributed by atoms with Gasteiger partial charge in [-0.2, -0.15) is 0 Å². The van der Waals surface area contributed by atoms with Crippen molar-refractivity contribution in [3.05, 3.63) is 84.6 Å². The standard InChI is InChI=1S/C25H26N6O/c1-19-26-12-13-31(19)18-20-2-4-21(5-3-20)24-10-11-27-25(29-24)28-22-6-8-23(9-7-22)30-14-16-32-17-15-30/h2-13H,14-18H2,1H3,(H,27,28,29). The van der Waals surface area contributed by atoms with Crippen LogP contribution in [0, 0.1) is 6.92 Å². The molecule has 0 atom stereocenters. The number of rotatable bonds is 6. The third kappa shape index (κ3) is 4.63. The zero-order valence-corrected chi connectivity index (χ0v) is 18.1. The van der Waals surface area contributed by atoms with E-state index in [9.17, 15) is 0 Å². The lowest BCUT2D eigenvalue weighted by molar-refractivity contribution is 0.122. The van der Waals surface area contributed by atoms with E-state index in [0.717, 1.165) is 55.6 Å². The van der Waals surface area contributed by atoms with Crippen molar-refractivity contribution in [3.8, 4) is 11.3 Å². The van der Waals surface area contributed by atoms with Crippen LogP contribution in [0.4, 0.5) is 17.3 Å². The Hall–Kier alpha value is -3.71. The summed E-state index contributed by atoms with van der Waals surface area (Å²) in [7, 11) is 0. The van der Waals surface area contributed by atoms with Gasteiger partial charge in [0.25, 0.3) is 0 Å². The lowest BCUT2D eigenvalue weighted by Gasteiger charge is -2.28. The van der Waals surface area contributed by atoms with Crippen LogP contribution in [0.25, 0.3) is 11.3 Å². The van der Waals surface area contributed by atoms with Crippen molar-refractivity contribution in [2.75, 3.05) is 36.5 Å². The van der Waals surface area contributed by atoms with Crippen molar-refractivity contribution in [1.29, 1.82) is 0 Å². The monoisotopic (exact) mass is 426 g/mol. The first kappa shape index (κ1) is 20.2. The van der Waals surface area contributed by atoms with Crippen LogP contribution in [-0.4, -0.2) is 45.8 Å². The molecule has 0 aliphatic carbocycles. The second-order valence-electron chi connectivity index (χ2n) is 7.84. The van der Waals surface area contributed by atoms with Crippen molar-refractivity contribution >= 4 is 17.3 Å². The lowest BCUT2D eigenvalue weighted by atomic mass is 10.1.